The van der Waals surface area contributed by atoms with E-state index >= 15 is 0 Å². The first-order valence-electron chi connectivity index (χ1n) is 33.6. The lowest BCUT2D eigenvalue weighted by molar-refractivity contribution is -0.385. The lowest BCUT2D eigenvalue weighted by Gasteiger charge is -2.24. The third-order valence-electron chi connectivity index (χ3n) is 14.1. The Kier molecular flexibility index (Phi) is 45.3. The van der Waals surface area contributed by atoms with Crippen molar-refractivity contribution in [2.75, 3.05) is 85.6 Å². The average Bonchev–Trinajstić information content (AvgIpc) is 1.74. The van der Waals surface area contributed by atoms with Gasteiger partial charge in [0.2, 0.25) is 11.8 Å². The summed E-state index contributed by atoms with van der Waals surface area (Å²) in [5.74, 6) is -3.35. The highest BCUT2D eigenvalue weighted by atomic mass is 16.7. The van der Waals surface area contributed by atoms with Crippen LogP contribution in [0.2, 0.25) is 0 Å². The first kappa shape index (κ1) is 90.0. The SMILES string of the molecule is CCN(CC(C)C)CC(C)C.NCCOCCOCCCC(=O)C(CCC(N)=O)NC(=O)OCc1ccccc1.[N-]=[N+]=Nc1ccc(C(=O)NCCOCCOCCCC(=O)C(CCC(N)=O)NC(=O)OCc2ccccc2)c([N+](=O)[O-])c1.[N-]=[N+]=Nc1ccc(C(=O)ON2C(=O)CCC2=O)c([N+](=O)[O-])c1. The maximum atomic E-state index is 12.6. The molecule has 0 radical (unpaired) electrons. The molecule has 0 saturated carbocycles. The highest BCUT2D eigenvalue weighted by Gasteiger charge is 2.35. The number of hydrogen-bond donors (Lipinski definition) is 6. The molecule has 4 aromatic rings. The summed E-state index contributed by atoms with van der Waals surface area (Å²) in [6, 6.07) is 23.0. The molecule has 37 heteroatoms. The van der Waals surface area contributed by atoms with Crippen LogP contribution in [0.25, 0.3) is 20.9 Å². The number of nitrogens with two attached hydrogens (primary N) is 3. The lowest BCUT2D eigenvalue weighted by atomic mass is 10.0. The molecule has 0 aromatic heterocycles. The Morgan fingerprint density at radius 3 is 1.39 bits per heavy atom. The largest absolute Gasteiger partial charge is 0.445 e. The number of ether oxygens (including phenoxy) is 6. The van der Waals surface area contributed by atoms with Gasteiger partial charge in [-0.15, -0.1) is 5.06 Å². The minimum Gasteiger partial charge on any atom is -0.445 e. The second-order valence-corrected chi connectivity index (χ2v) is 23.6. The van der Waals surface area contributed by atoms with Gasteiger partial charge in [-0.2, -0.15) is 0 Å². The summed E-state index contributed by atoms with van der Waals surface area (Å²) >= 11 is 0. The van der Waals surface area contributed by atoms with Gasteiger partial charge in [0, 0.05) is 111 Å². The number of ketones is 2. The first-order chi connectivity index (χ1) is 50.2. The second kappa shape index (κ2) is 52.9. The van der Waals surface area contributed by atoms with Crippen LogP contribution >= 0.6 is 0 Å². The van der Waals surface area contributed by atoms with Crippen molar-refractivity contribution >= 4 is 82.0 Å². The summed E-state index contributed by atoms with van der Waals surface area (Å²) in [6.07, 6.45) is -0.456. The number of alkyl carbamates (subject to hydrolysis) is 2. The summed E-state index contributed by atoms with van der Waals surface area (Å²) in [5, 5.41) is 36.5. The number of nitrogens with one attached hydrogen (secondary N) is 3. The highest BCUT2D eigenvalue weighted by Crippen LogP contribution is 2.28. The van der Waals surface area contributed by atoms with Gasteiger partial charge >= 0.3 is 18.2 Å². The number of nitro groups is 2. The number of hydrogen-bond acceptors (Lipinski definition) is 25. The number of nitro benzene ring substituents is 2. The standard InChI is InChI=1S/C27H33N7O9.C20H31N3O6.C11H7N5O6.C10H23N/c28-25(36)11-10-22(31-27(38)43-18-19-5-2-1-3-6-19)24(35)7-4-13-41-15-16-42-14-12-30-26(37)21-9-8-20(32-33-29)17-23(21)34(39)40;21-10-12-28-14-13-27-11-4-7-18(24)17(8-9-19(22)25)23-20(26)29-15-16-5-2-1-3-6-16;12-14-13-6-1-2-7(8(5-6)16(20)21)11(19)22-15-9(17)3-4-10(15)18;1-6-11(7-9(2)3)8-10(4)5/h1-3,5-6,8-9,17,22H,4,7,10-16,18H2,(H2,28,36)(H,30,37)(H,31,38);1-3,5-6,17H,4,7-15,21H2,(H2,22,25)(H,23,26);1-2,5H,3-4H2;9-10H,6-8H2,1-5H3. The molecule has 4 aromatic carbocycles. The van der Waals surface area contributed by atoms with Crippen molar-refractivity contribution in [1.82, 2.24) is 25.9 Å². The van der Waals surface area contributed by atoms with Crippen LogP contribution in [0.4, 0.5) is 32.3 Å². The number of nitrogens with zero attached hydrogens (tertiary/aromatic N) is 10. The van der Waals surface area contributed by atoms with E-state index in [1.54, 1.807) is 24.3 Å². The third kappa shape index (κ3) is 39.8. The molecule has 105 heavy (non-hydrogen) atoms. The molecule has 5 rings (SSSR count). The van der Waals surface area contributed by atoms with Crippen molar-refractivity contribution in [3.63, 3.8) is 0 Å². The van der Waals surface area contributed by atoms with Crippen molar-refractivity contribution in [2.45, 2.75) is 124 Å². The fourth-order valence-corrected chi connectivity index (χ4v) is 9.21. The van der Waals surface area contributed by atoms with Gasteiger partial charge in [-0.25, -0.2) is 14.4 Å². The predicted molar refractivity (Wildman–Crippen MR) is 379 cm³/mol. The smallest absolute Gasteiger partial charge is 0.408 e. The molecule has 37 nitrogen and oxygen atoms in total. The van der Waals surface area contributed by atoms with Crippen molar-refractivity contribution in [3.05, 3.63) is 160 Å². The fraction of sp³-hybridized carbons (Fsp3) is 0.500. The van der Waals surface area contributed by atoms with Crippen LogP contribution < -0.4 is 33.2 Å². The molecule has 2 atom stereocenters. The summed E-state index contributed by atoms with van der Waals surface area (Å²) in [4.78, 5) is 151. The third-order valence-corrected chi connectivity index (χ3v) is 14.1. The van der Waals surface area contributed by atoms with Gasteiger partial charge in [0.05, 0.1) is 61.6 Å². The van der Waals surface area contributed by atoms with Gasteiger partial charge in [-0.3, -0.25) is 53.8 Å². The van der Waals surface area contributed by atoms with Crippen molar-refractivity contribution in [2.24, 2.45) is 39.3 Å². The maximum absolute atomic E-state index is 12.6. The van der Waals surface area contributed by atoms with E-state index in [4.69, 9.17) is 56.7 Å². The molecule has 2 unspecified atom stereocenters. The zero-order valence-electron chi connectivity index (χ0n) is 59.5. The number of primary amides is 2. The number of amides is 7. The fourth-order valence-electron chi connectivity index (χ4n) is 9.21. The zero-order valence-corrected chi connectivity index (χ0v) is 59.5. The van der Waals surface area contributed by atoms with E-state index in [2.05, 4.69) is 80.4 Å². The number of benzene rings is 4. The molecular weight excluding hydrogens is 1380 g/mol. The topological polar surface area (TPSA) is 540 Å². The molecule has 0 bridgehead atoms. The van der Waals surface area contributed by atoms with E-state index in [9.17, 15) is 68.2 Å². The molecule has 1 aliphatic heterocycles. The molecule has 7 amide bonds. The maximum Gasteiger partial charge on any atom is 0.408 e. The van der Waals surface area contributed by atoms with E-state index < -0.39 is 86.6 Å². The summed E-state index contributed by atoms with van der Waals surface area (Å²) in [5.41, 5.74) is 32.1. The van der Waals surface area contributed by atoms with Gasteiger partial charge in [-0.1, -0.05) is 118 Å². The number of azide groups is 2. The minimum atomic E-state index is -1.23. The number of Topliss-reactive ketones (excluding diaryl/α,β-unsaturated/α-hetero) is 2. The van der Waals surface area contributed by atoms with Crippen LogP contribution in [0, 0.1) is 32.1 Å². The van der Waals surface area contributed by atoms with Crippen molar-refractivity contribution in [3.8, 4) is 0 Å². The van der Waals surface area contributed by atoms with Crippen molar-refractivity contribution < 1.29 is 91.1 Å². The number of hydroxylamine groups is 2. The van der Waals surface area contributed by atoms with Crippen LogP contribution in [0.1, 0.15) is 131 Å². The first-order valence-corrected chi connectivity index (χ1v) is 33.6. The Morgan fingerprint density at radius 2 is 1.00 bits per heavy atom. The predicted octanol–water partition coefficient (Wildman–Crippen LogP) is 8.48. The molecule has 1 heterocycles. The van der Waals surface area contributed by atoms with Crippen LogP contribution in [-0.4, -0.2) is 177 Å². The lowest BCUT2D eigenvalue weighted by Crippen LogP contribution is -2.41. The molecule has 0 aliphatic carbocycles. The van der Waals surface area contributed by atoms with Crippen LogP contribution in [0.3, 0.4) is 0 Å². The molecule has 0 spiro atoms. The highest BCUT2D eigenvalue weighted by molar-refractivity contribution is 6.03. The molecule has 1 aliphatic rings. The molecule has 572 valence electrons. The van der Waals surface area contributed by atoms with E-state index in [0.717, 1.165) is 47.2 Å². The van der Waals surface area contributed by atoms with Crippen molar-refractivity contribution in [1.29, 1.82) is 0 Å². The number of rotatable bonds is 45. The number of carbonyl (C=O) groups is 10. The van der Waals surface area contributed by atoms with E-state index in [0.29, 0.717) is 45.8 Å². The summed E-state index contributed by atoms with van der Waals surface area (Å²) in [6.45, 7) is 18.2. The van der Waals surface area contributed by atoms with Crippen LogP contribution in [0.15, 0.2) is 107 Å². The summed E-state index contributed by atoms with van der Waals surface area (Å²) < 4.78 is 31.7. The quantitative estimate of drug-likeness (QED) is 0.00459. The van der Waals surface area contributed by atoms with E-state index in [1.807, 2.05) is 36.4 Å². The second-order valence-electron chi connectivity index (χ2n) is 23.6. The monoisotopic (exact) mass is 1470 g/mol. The number of carbonyl (C=O) groups excluding carboxylic acids is 10. The zero-order chi connectivity index (χ0) is 77.9. The molecule has 1 saturated heterocycles. The summed E-state index contributed by atoms with van der Waals surface area (Å²) in [7, 11) is 0. The molecule has 9 N–H and O–H groups in total. The van der Waals surface area contributed by atoms with Crippen LogP contribution in [-0.2, 0) is 75.2 Å². The average molecular weight is 1470 g/mol. The van der Waals surface area contributed by atoms with Gasteiger partial charge < -0.3 is 71.3 Å². The van der Waals surface area contributed by atoms with E-state index in [1.165, 1.54) is 31.8 Å². The van der Waals surface area contributed by atoms with Gasteiger partial charge in [0.15, 0.2) is 11.6 Å². The van der Waals surface area contributed by atoms with E-state index in [-0.39, 0.29) is 131 Å². The number of imide groups is 1. The Labute approximate surface area is 606 Å². The molecular formula is C68H94N16O21. The normalized spacial score (nSPS) is 11.9. The van der Waals surface area contributed by atoms with Gasteiger partial charge in [-0.05, 0) is 78.4 Å². The Hall–Kier alpha value is -11.0. The Balaban J connectivity index is 0.000000521. The van der Waals surface area contributed by atoms with Crippen LogP contribution in [0.5, 0.6) is 0 Å². The Morgan fingerprint density at radius 1 is 0.590 bits per heavy atom. The Bertz CT molecular complexity index is 3520. The minimum absolute atomic E-state index is 0.00957. The van der Waals surface area contributed by atoms with Gasteiger partial charge in [0.1, 0.15) is 24.3 Å². The molecule has 1 fully saturated rings. The van der Waals surface area contributed by atoms with Gasteiger partial charge in [0.25, 0.3) is 29.1 Å².